The SMILES string of the molecule is CCCCC1CCC(C(O)c2ccc(F)c(C)c2)CC1. The number of aliphatic hydroxyl groups is 1. The Labute approximate surface area is 122 Å². The highest BCUT2D eigenvalue weighted by Gasteiger charge is 2.27. The van der Waals surface area contributed by atoms with Crippen molar-refractivity contribution in [2.45, 2.75) is 64.9 Å². The fourth-order valence-electron chi connectivity index (χ4n) is 3.41. The zero-order chi connectivity index (χ0) is 14.5. The summed E-state index contributed by atoms with van der Waals surface area (Å²) in [5.74, 6) is 1.01. The molecule has 0 spiro atoms. The van der Waals surface area contributed by atoms with Crippen LogP contribution in [0.1, 0.15) is 69.1 Å². The van der Waals surface area contributed by atoms with Crippen LogP contribution >= 0.6 is 0 Å². The van der Waals surface area contributed by atoms with Crippen molar-refractivity contribution >= 4 is 0 Å². The van der Waals surface area contributed by atoms with E-state index in [4.69, 9.17) is 0 Å². The van der Waals surface area contributed by atoms with E-state index in [0.29, 0.717) is 11.5 Å². The van der Waals surface area contributed by atoms with Crippen LogP contribution in [0, 0.1) is 24.6 Å². The van der Waals surface area contributed by atoms with Crippen LogP contribution in [0.5, 0.6) is 0 Å². The van der Waals surface area contributed by atoms with Gasteiger partial charge in [0.15, 0.2) is 0 Å². The Morgan fingerprint density at radius 1 is 1.25 bits per heavy atom. The van der Waals surface area contributed by atoms with Gasteiger partial charge in [-0.1, -0.05) is 51.2 Å². The summed E-state index contributed by atoms with van der Waals surface area (Å²) in [5.41, 5.74) is 1.50. The molecule has 0 aliphatic heterocycles. The van der Waals surface area contributed by atoms with Crippen molar-refractivity contribution in [3.8, 4) is 0 Å². The summed E-state index contributed by atoms with van der Waals surface area (Å²) in [6.45, 7) is 4.00. The topological polar surface area (TPSA) is 20.2 Å². The average Bonchev–Trinajstić information content (AvgIpc) is 2.48. The van der Waals surface area contributed by atoms with Gasteiger partial charge in [-0.25, -0.2) is 4.39 Å². The summed E-state index contributed by atoms with van der Waals surface area (Å²) in [5, 5.41) is 10.5. The van der Waals surface area contributed by atoms with Crippen LogP contribution in [0.15, 0.2) is 18.2 Å². The molecule has 1 unspecified atom stereocenters. The van der Waals surface area contributed by atoms with Gasteiger partial charge in [0.25, 0.3) is 0 Å². The van der Waals surface area contributed by atoms with Crippen LogP contribution in [-0.4, -0.2) is 5.11 Å². The second-order valence-electron chi connectivity index (χ2n) is 6.38. The number of unbranched alkanes of at least 4 members (excludes halogenated alkanes) is 1. The first-order valence-electron chi connectivity index (χ1n) is 8.06. The van der Waals surface area contributed by atoms with Gasteiger partial charge in [-0.05, 0) is 48.8 Å². The largest absolute Gasteiger partial charge is 0.388 e. The van der Waals surface area contributed by atoms with Crippen LogP contribution in [-0.2, 0) is 0 Å². The van der Waals surface area contributed by atoms with Crippen LogP contribution in [0.25, 0.3) is 0 Å². The lowest BCUT2D eigenvalue weighted by Gasteiger charge is -2.31. The van der Waals surface area contributed by atoms with Gasteiger partial charge in [-0.3, -0.25) is 0 Å². The quantitative estimate of drug-likeness (QED) is 0.788. The summed E-state index contributed by atoms with van der Waals surface area (Å²) in [7, 11) is 0. The van der Waals surface area contributed by atoms with Crippen LogP contribution < -0.4 is 0 Å². The predicted octanol–water partition coefficient (Wildman–Crippen LogP) is 5.16. The van der Waals surface area contributed by atoms with E-state index in [-0.39, 0.29) is 5.82 Å². The molecule has 1 aliphatic carbocycles. The van der Waals surface area contributed by atoms with Crippen LogP contribution in [0.2, 0.25) is 0 Å². The number of benzene rings is 1. The lowest BCUT2D eigenvalue weighted by molar-refractivity contribution is 0.0719. The normalized spacial score (nSPS) is 24.6. The molecule has 0 radical (unpaired) electrons. The van der Waals surface area contributed by atoms with Gasteiger partial charge in [0.2, 0.25) is 0 Å². The highest BCUT2D eigenvalue weighted by molar-refractivity contribution is 5.26. The number of halogens is 1. The zero-order valence-electron chi connectivity index (χ0n) is 12.7. The summed E-state index contributed by atoms with van der Waals surface area (Å²) in [6, 6.07) is 5.00. The number of hydrogen-bond acceptors (Lipinski definition) is 1. The number of rotatable bonds is 5. The molecule has 1 saturated carbocycles. The molecule has 20 heavy (non-hydrogen) atoms. The van der Waals surface area contributed by atoms with Gasteiger partial charge >= 0.3 is 0 Å². The van der Waals surface area contributed by atoms with Gasteiger partial charge in [-0.2, -0.15) is 0 Å². The van der Waals surface area contributed by atoms with Gasteiger partial charge < -0.3 is 5.11 Å². The molecule has 112 valence electrons. The Morgan fingerprint density at radius 3 is 2.55 bits per heavy atom. The minimum absolute atomic E-state index is 0.191. The standard InChI is InChI=1S/C18H27FO/c1-3-4-5-14-6-8-15(9-7-14)18(20)16-10-11-17(19)13(2)12-16/h10-12,14-15,18,20H,3-9H2,1-2H3. The average molecular weight is 278 g/mol. The van der Waals surface area contributed by atoms with Gasteiger partial charge in [0.1, 0.15) is 5.82 Å². The first-order chi connectivity index (χ1) is 9.61. The Hall–Kier alpha value is -0.890. The number of hydrogen-bond donors (Lipinski definition) is 1. The molecule has 2 heteroatoms. The van der Waals surface area contributed by atoms with Crippen molar-refractivity contribution in [3.05, 3.63) is 35.1 Å². The number of aryl methyl sites for hydroxylation is 1. The molecule has 1 atom stereocenters. The van der Waals surface area contributed by atoms with Gasteiger partial charge in [0, 0.05) is 0 Å². The van der Waals surface area contributed by atoms with Crippen molar-refractivity contribution in [2.75, 3.05) is 0 Å². The van der Waals surface area contributed by atoms with Crippen molar-refractivity contribution in [1.29, 1.82) is 0 Å². The lowest BCUT2D eigenvalue weighted by atomic mass is 9.76. The molecule has 1 nitrogen and oxygen atoms in total. The van der Waals surface area contributed by atoms with E-state index >= 15 is 0 Å². The van der Waals surface area contributed by atoms with Crippen molar-refractivity contribution in [3.63, 3.8) is 0 Å². The van der Waals surface area contributed by atoms with E-state index in [9.17, 15) is 9.50 Å². The van der Waals surface area contributed by atoms with Crippen LogP contribution in [0.3, 0.4) is 0 Å². The molecule has 0 saturated heterocycles. The second-order valence-corrected chi connectivity index (χ2v) is 6.38. The molecule has 1 aromatic carbocycles. The maximum atomic E-state index is 13.3. The monoisotopic (exact) mass is 278 g/mol. The summed E-state index contributed by atoms with van der Waals surface area (Å²) >= 11 is 0. The first kappa shape index (κ1) is 15.5. The second kappa shape index (κ2) is 7.21. The Balaban J connectivity index is 1.91. The van der Waals surface area contributed by atoms with Crippen molar-refractivity contribution < 1.29 is 9.50 Å². The maximum Gasteiger partial charge on any atom is 0.126 e. The lowest BCUT2D eigenvalue weighted by Crippen LogP contribution is -2.20. The molecular formula is C18H27FO. The minimum atomic E-state index is -0.429. The molecule has 0 bridgehead atoms. The molecule has 0 amide bonds. The molecule has 0 aromatic heterocycles. The third-order valence-electron chi connectivity index (χ3n) is 4.83. The Bertz CT molecular complexity index is 421. The fraction of sp³-hybridized carbons (Fsp3) is 0.667. The van der Waals surface area contributed by atoms with E-state index < -0.39 is 6.10 Å². The maximum absolute atomic E-state index is 13.3. The van der Waals surface area contributed by atoms with E-state index in [0.717, 1.165) is 24.3 Å². The van der Waals surface area contributed by atoms with E-state index in [1.165, 1.54) is 38.2 Å². The third kappa shape index (κ3) is 3.82. The van der Waals surface area contributed by atoms with E-state index in [1.807, 2.05) is 0 Å². The predicted molar refractivity (Wildman–Crippen MR) is 81.1 cm³/mol. The molecule has 2 rings (SSSR count). The highest BCUT2D eigenvalue weighted by Crippen LogP contribution is 2.38. The first-order valence-corrected chi connectivity index (χ1v) is 8.06. The molecule has 1 N–H and O–H groups in total. The zero-order valence-corrected chi connectivity index (χ0v) is 12.7. The van der Waals surface area contributed by atoms with Gasteiger partial charge in [0.05, 0.1) is 6.10 Å². The Morgan fingerprint density at radius 2 is 1.95 bits per heavy atom. The fourth-order valence-corrected chi connectivity index (χ4v) is 3.41. The highest BCUT2D eigenvalue weighted by atomic mass is 19.1. The molecular weight excluding hydrogens is 251 g/mol. The number of aliphatic hydroxyl groups excluding tert-OH is 1. The summed E-state index contributed by atoms with van der Waals surface area (Å²) in [4.78, 5) is 0. The molecule has 0 heterocycles. The molecule has 1 fully saturated rings. The van der Waals surface area contributed by atoms with E-state index in [2.05, 4.69) is 6.92 Å². The minimum Gasteiger partial charge on any atom is -0.388 e. The van der Waals surface area contributed by atoms with E-state index in [1.54, 1.807) is 19.1 Å². The smallest absolute Gasteiger partial charge is 0.126 e. The van der Waals surface area contributed by atoms with Crippen molar-refractivity contribution in [2.24, 2.45) is 11.8 Å². The van der Waals surface area contributed by atoms with Crippen LogP contribution in [0.4, 0.5) is 4.39 Å². The summed E-state index contributed by atoms with van der Waals surface area (Å²) in [6.07, 6.45) is 8.20. The van der Waals surface area contributed by atoms with Gasteiger partial charge in [-0.15, -0.1) is 0 Å². The molecule has 1 aromatic rings. The summed E-state index contributed by atoms with van der Waals surface area (Å²) < 4.78 is 13.3. The van der Waals surface area contributed by atoms with Crippen molar-refractivity contribution in [1.82, 2.24) is 0 Å². The third-order valence-corrected chi connectivity index (χ3v) is 4.83. The molecule has 1 aliphatic rings. The Kier molecular flexibility index (Phi) is 5.59.